The first-order valence-corrected chi connectivity index (χ1v) is 4.27. The number of hydrogen-bond donors (Lipinski definition) is 2. The number of hydrogen-bond acceptors (Lipinski definition) is 5. The fourth-order valence-electron chi connectivity index (χ4n) is 0.751. The summed E-state index contributed by atoms with van der Waals surface area (Å²) in [7, 11) is 0. The molecule has 0 spiro atoms. The Balaban J connectivity index is 3.14. The van der Waals surface area contributed by atoms with Gasteiger partial charge in [-0.25, -0.2) is 9.78 Å². The molecule has 6 heteroatoms. The maximum atomic E-state index is 10.5. The first kappa shape index (κ1) is 9.66. The molecule has 2 N–H and O–H groups in total. The molecule has 0 fully saturated rings. The second-order valence-corrected chi connectivity index (χ2v) is 3.62. The summed E-state index contributed by atoms with van der Waals surface area (Å²) in [5.74, 6) is -1.28. The predicted molar refractivity (Wildman–Crippen MR) is 47.5 cm³/mol. The number of aromatic nitrogens is 1. The molecule has 0 atom stereocenters. The highest BCUT2D eigenvalue weighted by atomic mass is 32.1. The van der Waals surface area contributed by atoms with Crippen LogP contribution in [0.5, 0.6) is 0 Å². The van der Waals surface area contributed by atoms with Gasteiger partial charge in [0.1, 0.15) is 0 Å². The third kappa shape index (κ3) is 1.83. The Morgan fingerprint density at radius 1 is 1.54 bits per heavy atom. The molecule has 0 saturated heterocycles. The van der Waals surface area contributed by atoms with Gasteiger partial charge in [0, 0.05) is 4.88 Å². The van der Waals surface area contributed by atoms with Crippen LogP contribution in [0.4, 0.5) is 0 Å². The van der Waals surface area contributed by atoms with Crippen LogP contribution in [0.15, 0.2) is 5.16 Å². The van der Waals surface area contributed by atoms with Crippen molar-refractivity contribution < 1.29 is 15.1 Å². The number of oxime groups is 1. The summed E-state index contributed by atoms with van der Waals surface area (Å²) in [6.45, 7) is 3.60. The van der Waals surface area contributed by atoms with Crippen molar-refractivity contribution in [1.82, 2.24) is 4.98 Å². The quantitative estimate of drug-likeness (QED) is 0.424. The van der Waals surface area contributed by atoms with Gasteiger partial charge in [-0.1, -0.05) is 5.16 Å². The molecule has 0 amide bonds. The van der Waals surface area contributed by atoms with E-state index in [0.29, 0.717) is 0 Å². The van der Waals surface area contributed by atoms with Crippen LogP contribution in [-0.4, -0.2) is 27.0 Å². The molecule has 70 valence electrons. The van der Waals surface area contributed by atoms with E-state index in [1.807, 2.05) is 6.92 Å². The van der Waals surface area contributed by atoms with Crippen molar-refractivity contribution in [2.45, 2.75) is 13.8 Å². The molecule has 1 heterocycles. The van der Waals surface area contributed by atoms with E-state index in [9.17, 15) is 4.79 Å². The number of aryl methyl sites for hydroxylation is 2. The lowest BCUT2D eigenvalue weighted by Gasteiger charge is -1.90. The van der Waals surface area contributed by atoms with Crippen molar-refractivity contribution in [3.05, 3.63) is 15.6 Å². The zero-order chi connectivity index (χ0) is 10.0. The van der Waals surface area contributed by atoms with Gasteiger partial charge < -0.3 is 10.3 Å². The second kappa shape index (κ2) is 3.53. The van der Waals surface area contributed by atoms with Gasteiger partial charge in [-0.3, -0.25) is 0 Å². The Bertz CT molecular complexity index is 350. The topological polar surface area (TPSA) is 82.8 Å². The molecule has 0 aromatic carbocycles. The average molecular weight is 200 g/mol. The summed E-state index contributed by atoms with van der Waals surface area (Å²) in [5, 5.41) is 19.9. The molecule has 1 rings (SSSR count). The van der Waals surface area contributed by atoms with Crippen molar-refractivity contribution in [2.75, 3.05) is 0 Å². The maximum Gasteiger partial charge on any atom is 0.361 e. The lowest BCUT2D eigenvalue weighted by Crippen LogP contribution is -2.14. The molecule has 5 nitrogen and oxygen atoms in total. The molecular formula is C7H8N2O3S. The predicted octanol–water partition coefficient (Wildman–Crippen LogP) is 1.02. The number of aliphatic carboxylic acids is 1. The fraction of sp³-hybridized carbons (Fsp3) is 0.286. The minimum atomic E-state index is -1.28. The third-order valence-corrected chi connectivity index (χ3v) is 2.61. The molecule has 1 aromatic heterocycles. The van der Waals surface area contributed by atoms with Gasteiger partial charge in [-0.05, 0) is 13.8 Å². The number of carboxylic acids is 1. The molecule has 0 aliphatic carbocycles. The van der Waals surface area contributed by atoms with Crippen LogP contribution in [0, 0.1) is 13.8 Å². The van der Waals surface area contributed by atoms with E-state index in [2.05, 4.69) is 10.1 Å². The molecule has 1 aromatic rings. The van der Waals surface area contributed by atoms with Gasteiger partial charge in [0.15, 0.2) is 5.01 Å². The highest BCUT2D eigenvalue weighted by Gasteiger charge is 2.17. The normalized spacial score (nSPS) is 11.7. The second-order valence-electron chi connectivity index (χ2n) is 2.41. The Labute approximate surface area is 78.4 Å². The summed E-state index contributed by atoms with van der Waals surface area (Å²) in [6, 6.07) is 0. The van der Waals surface area contributed by atoms with E-state index < -0.39 is 11.7 Å². The Kier molecular flexibility index (Phi) is 2.62. The smallest absolute Gasteiger partial charge is 0.361 e. The molecule has 0 saturated carbocycles. The number of thiazole rings is 1. The van der Waals surface area contributed by atoms with Gasteiger partial charge in [0.2, 0.25) is 5.71 Å². The van der Waals surface area contributed by atoms with E-state index >= 15 is 0 Å². The SMILES string of the molecule is Cc1nc(/C(=N/O)C(=O)O)sc1C. The summed E-state index contributed by atoms with van der Waals surface area (Å²) in [4.78, 5) is 15.4. The van der Waals surface area contributed by atoms with Gasteiger partial charge in [0.05, 0.1) is 5.69 Å². The van der Waals surface area contributed by atoms with E-state index in [4.69, 9.17) is 10.3 Å². The molecular weight excluding hydrogens is 192 g/mol. The molecule has 0 unspecified atom stereocenters. The number of rotatable bonds is 2. The lowest BCUT2D eigenvalue weighted by atomic mass is 10.4. The highest BCUT2D eigenvalue weighted by molar-refractivity contribution is 7.14. The average Bonchev–Trinajstić information content (AvgIpc) is 2.32. The van der Waals surface area contributed by atoms with Crippen LogP contribution in [0.25, 0.3) is 0 Å². The summed E-state index contributed by atoms with van der Waals surface area (Å²) in [6.07, 6.45) is 0. The van der Waals surface area contributed by atoms with E-state index in [1.54, 1.807) is 6.92 Å². The molecule has 0 aliphatic rings. The molecule has 13 heavy (non-hydrogen) atoms. The molecule has 0 aliphatic heterocycles. The van der Waals surface area contributed by atoms with Crippen molar-refractivity contribution >= 4 is 23.0 Å². The number of carboxylic acid groups (broad SMARTS) is 1. The van der Waals surface area contributed by atoms with Crippen molar-refractivity contribution in [3.63, 3.8) is 0 Å². The first-order chi connectivity index (χ1) is 6.06. The largest absolute Gasteiger partial charge is 0.476 e. The highest BCUT2D eigenvalue weighted by Crippen LogP contribution is 2.17. The van der Waals surface area contributed by atoms with Crippen LogP contribution in [-0.2, 0) is 4.79 Å². The zero-order valence-electron chi connectivity index (χ0n) is 7.11. The van der Waals surface area contributed by atoms with E-state index in [-0.39, 0.29) is 5.01 Å². The van der Waals surface area contributed by atoms with Gasteiger partial charge in [0.25, 0.3) is 0 Å². The van der Waals surface area contributed by atoms with E-state index in [0.717, 1.165) is 10.6 Å². The van der Waals surface area contributed by atoms with Crippen molar-refractivity contribution in [1.29, 1.82) is 0 Å². The van der Waals surface area contributed by atoms with Gasteiger partial charge >= 0.3 is 5.97 Å². The number of carbonyl (C=O) groups is 1. The van der Waals surface area contributed by atoms with Gasteiger partial charge in [-0.2, -0.15) is 0 Å². The Morgan fingerprint density at radius 3 is 2.46 bits per heavy atom. The van der Waals surface area contributed by atoms with Crippen LogP contribution < -0.4 is 0 Å². The van der Waals surface area contributed by atoms with Crippen LogP contribution in [0.3, 0.4) is 0 Å². The van der Waals surface area contributed by atoms with Crippen LogP contribution in [0.2, 0.25) is 0 Å². The minimum absolute atomic E-state index is 0.227. The molecule has 0 bridgehead atoms. The zero-order valence-corrected chi connectivity index (χ0v) is 7.92. The fourth-order valence-corrected chi connectivity index (χ4v) is 1.64. The van der Waals surface area contributed by atoms with Crippen molar-refractivity contribution in [2.24, 2.45) is 5.16 Å². The third-order valence-electron chi connectivity index (χ3n) is 1.53. The Hall–Kier alpha value is -1.43. The number of nitrogens with zero attached hydrogens (tertiary/aromatic N) is 2. The van der Waals surface area contributed by atoms with Gasteiger partial charge in [-0.15, -0.1) is 11.3 Å². The monoisotopic (exact) mass is 200 g/mol. The first-order valence-electron chi connectivity index (χ1n) is 3.46. The summed E-state index contributed by atoms with van der Waals surface area (Å²) in [5.41, 5.74) is 0.337. The summed E-state index contributed by atoms with van der Waals surface area (Å²) >= 11 is 1.19. The minimum Gasteiger partial charge on any atom is -0.476 e. The summed E-state index contributed by atoms with van der Waals surface area (Å²) < 4.78 is 0. The van der Waals surface area contributed by atoms with E-state index in [1.165, 1.54) is 11.3 Å². The van der Waals surface area contributed by atoms with Crippen molar-refractivity contribution in [3.8, 4) is 0 Å². The maximum absolute atomic E-state index is 10.5. The lowest BCUT2D eigenvalue weighted by molar-refractivity contribution is -0.129. The molecule has 0 radical (unpaired) electrons. The standard InChI is InChI=1S/C7H8N2O3S/c1-3-4(2)13-6(8-3)5(9-12)7(10)11/h12H,1-2H3,(H,10,11)/b9-5-. The Morgan fingerprint density at radius 2 is 2.15 bits per heavy atom. The van der Waals surface area contributed by atoms with Crippen LogP contribution in [0.1, 0.15) is 15.6 Å². The van der Waals surface area contributed by atoms with Crippen LogP contribution >= 0.6 is 11.3 Å².